The third-order valence-electron chi connectivity index (χ3n) is 4.35. The lowest BCUT2D eigenvalue weighted by molar-refractivity contribution is 0.102. The minimum absolute atomic E-state index is 0.00646. The number of hydrogen-bond donors (Lipinski definition) is 1. The van der Waals surface area contributed by atoms with Crippen LogP contribution in [0.25, 0.3) is 0 Å². The van der Waals surface area contributed by atoms with Crippen LogP contribution in [-0.4, -0.2) is 20.9 Å². The molecule has 156 valence electrons. The highest BCUT2D eigenvalue weighted by Gasteiger charge is 2.27. The second-order valence-corrected chi connectivity index (χ2v) is 8.69. The van der Waals surface area contributed by atoms with E-state index >= 15 is 0 Å². The number of sulfonamides is 1. The van der Waals surface area contributed by atoms with Crippen LogP contribution in [0.5, 0.6) is 0 Å². The Morgan fingerprint density at radius 3 is 2.52 bits per heavy atom. The summed E-state index contributed by atoms with van der Waals surface area (Å²) in [4.78, 5) is 12.5. The van der Waals surface area contributed by atoms with Crippen LogP contribution in [0.2, 0.25) is 5.02 Å². The molecule has 0 unspecified atom stereocenters. The summed E-state index contributed by atoms with van der Waals surface area (Å²) in [6.07, 6.45) is 1.47. The molecule has 8 heteroatoms. The van der Waals surface area contributed by atoms with Gasteiger partial charge in [0, 0.05) is 11.3 Å². The van der Waals surface area contributed by atoms with Crippen molar-refractivity contribution in [1.29, 1.82) is 5.26 Å². The normalized spacial score (nSPS) is 10.7. The van der Waals surface area contributed by atoms with E-state index in [9.17, 15) is 13.2 Å². The van der Waals surface area contributed by atoms with Crippen LogP contribution in [0.15, 0.2) is 90.3 Å². The van der Waals surface area contributed by atoms with E-state index in [2.05, 4.69) is 11.9 Å². The topological polar surface area (TPSA) is 90.3 Å². The average molecular weight is 452 g/mol. The summed E-state index contributed by atoms with van der Waals surface area (Å²) in [6.45, 7) is 3.66. The molecule has 0 aliphatic rings. The van der Waals surface area contributed by atoms with E-state index in [0.717, 1.165) is 0 Å². The number of halogens is 1. The molecule has 6 nitrogen and oxygen atoms in total. The Kier molecular flexibility index (Phi) is 6.75. The Morgan fingerprint density at radius 2 is 1.84 bits per heavy atom. The summed E-state index contributed by atoms with van der Waals surface area (Å²) >= 11 is 6.22. The summed E-state index contributed by atoms with van der Waals surface area (Å²) in [5, 5.41) is 11.7. The van der Waals surface area contributed by atoms with Crippen molar-refractivity contribution in [2.24, 2.45) is 0 Å². The summed E-state index contributed by atoms with van der Waals surface area (Å²) in [5.74, 6) is -0.529. The second kappa shape index (κ2) is 9.47. The van der Waals surface area contributed by atoms with Gasteiger partial charge in [-0.2, -0.15) is 5.26 Å². The number of nitrogens with zero attached hydrogens (tertiary/aromatic N) is 2. The average Bonchev–Trinajstić information content (AvgIpc) is 2.78. The molecule has 0 heterocycles. The zero-order chi connectivity index (χ0) is 22.4. The van der Waals surface area contributed by atoms with Gasteiger partial charge in [0.15, 0.2) is 0 Å². The zero-order valence-corrected chi connectivity index (χ0v) is 17.9. The molecule has 0 saturated heterocycles. The van der Waals surface area contributed by atoms with Crippen LogP contribution in [0.4, 0.5) is 11.4 Å². The maximum absolute atomic E-state index is 13.4. The molecule has 1 amide bonds. The molecular weight excluding hydrogens is 434 g/mol. The molecule has 0 aliphatic carbocycles. The van der Waals surface area contributed by atoms with Gasteiger partial charge in [-0.25, -0.2) is 8.42 Å². The van der Waals surface area contributed by atoms with Crippen molar-refractivity contribution in [3.05, 3.63) is 102 Å². The number of anilines is 2. The Labute approximate surface area is 186 Å². The lowest BCUT2D eigenvalue weighted by Crippen LogP contribution is -2.31. The lowest BCUT2D eigenvalue weighted by atomic mass is 10.2. The summed E-state index contributed by atoms with van der Waals surface area (Å²) < 4.78 is 27.9. The molecule has 0 spiro atoms. The Hall–Kier alpha value is -3.60. The van der Waals surface area contributed by atoms with E-state index in [1.165, 1.54) is 34.6 Å². The van der Waals surface area contributed by atoms with Gasteiger partial charge in [-0.15, -0.1) is 6.58 Å². The van der Waals surface area contributed by atoms with Crippen LogP contribution in [0.3, 0.4) is 0 Å². The van der Waals surface area contributed by atoms with Crippen molar-refractivity contribution in [3.8, 4) is 6.07 Å². The van der Waals surface area contributed by atoms with Gasteiger partial charge in [-0.05, 0) is 48.5 Å². The molecule has 0 fully saturated rings. The molecule has 31 heavy (non-hydrogen) atoms. The fourth-order valence-corrected chi connectivity index (χ4v) is 4.82. The molecule has 3 aromatic carbocycles. The monoisotopic (exact) mass is 451 g/mol. The number of amides is 1. The van der Waals surface area contributed by atoms with Crippen LogP contribution < -0.4 is 9.62 Å². The van der Waals surface area contributed by atoms with Crippen molar-refractivity contribution in [3.63, 3.8) is 0 Å². The van der Waals surface area contributed by atoms with Crippen molar-refractivity contribution >= 4 is 38.9 Å². The van der Waals surface area contributed by atoms with E-state index in [-0.39, 0.29) is 22.0 Å². The fourth-order valence-electron chi connectivity index (χ4n) is 2.88. The van der Waals surface area contributed by atoms with E-state index in [0.29, 0.717) is 16.9 Å². The number of rotatable bonds is 7. The quantitative estimate of drug-likeness (QED) is 0.520. The van der Waals surface area contributed by atoms with E-state index in [1.54, 1.807) is 48.5 Å². The van der Waals surface area contributed by atoms with E-state index in [1.807, 2.05) is 6.07 Å². The molecule has 0 atom stereocenters. The summed E-state index contributed by atoms with van der Waals surface area (Å²) in [7, 11) is -4.08. The van der Waals surface area contributed by atoms with E-state index in [4.69, 9.17) is 16.9 Å². The molecule has 1 N–H and O–H groups in total. The van der Waals surface area contributed by atoms with Crippen molar-refractivity contribution in [2.75, 3.05) is 16.2 Å². The lowest BCUT2D eigenvalue weighted by Gasteiger charge is -2.24. The third kappa shape index (κ3) is 4.94. The first-order chi connectivity index (χ1) is 14.9. The maximum atomic E-state index is 13.4. The number of carbonyl (C=O) groups is 1. The Balaban J connectivity index is 1.98. The van der Waals surface area contributed by atoms with Gasteiger partial charge in [-0.3, -0.25) is 9.10 Å². The molecule has 0 aromatic heterocycles. The van der Waals surface area contributed by atoms with Gasteiger partial charge in [0.2, 0.25) is 0 Å². The molecule has 0 radical (unpaired) electrons. The number of nitrogens with one attached hydrogen (secondary N) is 1. The number of hydrogen-bond acceptors (Lipinski definition) is 4. The summed E-state index contributed by atoms with van der Waals surface area (Å²) in [5.41, 5.74) is 1.36. The minimum atomic E-state index is -4.08. The molecule has 3 rings (SSSR count). The highest BCUT2D eigenvalue weighted by molar-refractivity contribution is 7.93. The van der Waals surface area contributed by atoms with Crippen LogP contribution in [0, 0.1) is 11.3 Å². The van der Waals surface area contributed by atoms with Crippen LogP contribution >= 0.6 is 11.6 Å². The third-order valence-corrected chi connectivity index (χ3v) is 6.63. The largest absolute Gasteiger partial charge is 0.322 e. The Morgan fingerprint density at radius 1 is 1.10 bits per heavy atom. The Bertz CT molecular complexity index is 1270. The highest BCUT2D eigenvalue weighted by atomic mass is 35.5. The number of nitriles is 1. The standard InChI is InChI=1S/C23H18ClN3O3S/c1-2-13-27(20-9-4-3-5-10-20)31(29,30)22-15-18(11-12-21(22)24)23(28)26-19-8-6-7-17(14-19)16-25/h2-12,14-15H,1,13H2,(H,26,28). The predicted octanol–water partition coefficient (Wildman–Crippen LogP) is 4.85. The first-order valence-corrected chi connectivity index (χ1v) is 11.0. The molecule has 0 bridgehead atoms. The zero-order valence-electron chi connectivity index (χ0n) is 16.3. The second-order valence-electron chi connectivity index (χ2n) is 6.45. The number of carbonyl (C=O) groups excluding carboxylic acids is 1. The van der Waals surface area contributed by atoms with Crippen molar-refractivity contribution < 1.29 is 13.2 Å². The van der Waals surface area contributed by atoms with Gasteiger partial charge in [0.05, 0.1) is 28.9 Å². The van der Waals surface area contributed by atoms with Crippen molar-refractivity contribution in [1.82, 2.24) is 0 Å². The smallest absolute Gasteiger partial charge is 0.266 e. The summed E-state index contributed by atoms with van der Waals surface area (Å²) in [6, 6.07) is 21.0. The SMILES string of the molecule is C=CCN(c1ccccc1)S(=O)(=O)c1cc(C(=O)Nc2cccc(C#N)c2)ccc1Cl. The predicted molar refractivity (Wildman–Crippen MR) is 122 cm³/mol. The minimum Gasteiger partial charge on any atom is -0.322 e. The number of para-hydroxylation sites is 1. The van der Waals surface area contributed by atoms with Gasteiger partial charge < -0.3 is 5.32 Å². The van der Waals surface area contributed by atoms with Crippen molar-refractivity contribution in [2.45, 2.75) is 4.90 Å². The molecular formula is C23H18ClN3O3S. The molecule has 0 saturated carbocycles. The van der Waals surface area contributed by atoms with Gasteiger partial charge in [0.1, 0.15) is 4.90 Å². The highest BCUT2D eigenvalue weighted by Crippen LogP contribution is 2.29. The first-order valence-electron chi connectivity index (χ1n) is 9.16. The molecule has 3 aromatic rings. The van der Waals surface area contributed by atoms with Crippen LogP contribution in [-0.2, 0) is 10.0 Å². The van der Waals surface area contributed by atoms with Gasteiger partial charge in [-0.1, -0.05) is 41.9 Å². The first kappa shape index (κ1) is 22.1. The fraction of sp³-hybridized carbons (Fsp3) is 0.0435. The van der Waals surface area contributed by atoms with Gasteiger partial charge in [0.25, 0.3) is 15.9 Å². The van der Waals surface area contributed by atoms with E-state index < -0.39 is 15.9 Å². The number of benzene rings is 3. The maximum Gasteiger partial charge on any atom is 0.266 e. The molecule has 0 aliphatic heterocycles. The van der Waals surface area contributed by atoms with Gasteiger partial charge >= 0.3 is 0 Å². The van der Waals surface area contributed by atoms with Crippen LogP contribution in [0.1, 0.15) is 15.9 Å².